The molecule has 55 heavy (non-hydrogen) atoms. The lowest BCUT2D eigenvalue weighted by Gasteiger charge is -2.42. The van der Waals surface area contributed by atoms with Crippen molar-refractivity contribution in [3.63, 3.8) is 0 Å². The number of anilines is 2. The van der Waals surface area contributed by atoms with Gasteiger partial charge in [0, 0.05) is 64.3 Å². The summed E-state index contributed by atoms with van der Waals surface area (Å²) >= 11 is 1.91. The van der Waals surface area contributed by atoms with Crippen LogP contribution in [0.1, 0.15) is 52.7 Å². The van der Waals surface area contributed by atoms with Crippen molar-refractivity contribution in [1.29, 1.82) is 0 Å². The van der Waals surface area contributed by atoms with Gasteiger partial charge in [-0.2, -0.15) is 0 Å². The SMILES string of the molecule is CC(C)(C)c1ccc(N2B3c4cc5sc6ccccc6c5cc4-n4c5cc6c(cc5c5ccc(c3c54)-c3cc(C(C)(C)C)ccc32)oc2ccccc26)cc1. The number of hydrogen-bond donors (Lipinski definition) is 0. The summed E-state index contributed by atoms with van der Waals surface area (Å²) in [5, 5.41) is 7.43. The number of furan rings is 1. The average Bonchev–Trinajstić information content (AvgIpc) is 3.83. The molecule has 7 aromatic carbocycles. The van der Waals surface area contributed by atoms with Crippen LogP contribution < -0.4 is 15.7 Å². The molecule has 10 aromatic rings. The maximum Gasteiger partial charge on any atom is 0.333 e. The summed E-state index contributed by atoms with van der Waals surface area (Å²) < 4.78 is 11.8. The summed E-state index contributed by atoms with van der Waals surface area (Å²) in [7, 11) is 0. The minimum Gasteiger partial charge on any atom is -0.456 e. The second-order valence-electron chi connectivity index (χ2n) is 17.8. The summed E-state index contributed by atoms with van der Waals surface area (Å²) in [4.78, 5) is 2.65. The summed E-state index contributed by atoms with van der Waals surface area (Å²) in [5.74, 6) is 0. The van der Waals surface area contributed by atoms with Gasteiger partial charge < -0.3 is 13.8 Å². The van der Waals surface area contributed by atoms with E-state index in [-0.39, 0.29) is 17.7 Å². The number of aromatic nitrogens is 1. The molecular weight excluding hydrogens is 687 g/mol. The third-order valence-electron chi connectivity index (χ3n) is 12.5. The van der Waals surface area contributed by atoms with Gasteiger partial charge in [-0.1, -0.05) is 108 Å². The quantitative estimate of drug-likeness (QED) is 0.157. The first-order valence-corrected chi connectivity index (χ1v) is 20.3. The molecule has 3 aromatic heterocycles. The molecule has 12 rings (SSSR count). The molecule has 0 saturated carbocycles. The predicted octanol–water partition coefficient (Wildman–Crippen LogP) is 12.9. The summed E-state index contributed by atoms with van der Waals surface area (Å²) in [5.41, 5.74) is 16.2. The normalized spacial score (nSPS) is 13.9. The van der Waals surface area contributed by atoms with Crippen molar-refractivity contribution in [2.45, 2.75) is 52.4 Å². The Hall–Kier alpha value is -5.78. The van der Waals surface area contributed by atoms with Gasteiger partial charge in [0.1, 0.15) is 11.2 Å². The van der Waals surface area contributed by atoms with Crippen LogP contribution in [0.4, 0.5) is 11.4 Å². The smallest absolute Gasteiger partial charge is 0.333 e. The molecule has 5 heteroatoms. The molecular formula is C50H39BN2OS. The van der Waals surface area contributed by atoms with Gasteiger partial charge in [0.15, 0.2) is 0 Å². The molecule has 0 bridgehead atoms. The van der Waals surface area contributed by atoms with E-state index in [9.17, 15) is 0 Å². The third kappa shape index (κ3) is 4.22. The molecule has 5 heterocycles. The van der Waals surface area contributed by atoms with Gasteiger partial charge in [-0.15, -0.1) is 11.3 Å². The van der Waals surface area contributed by atoms with Crippen molar-refractivity contribution in [3.05, 3.63) is 139 Å². The minimum atomic E-state index is -0.0302. The molecule has 264 valence electrons. The molecule has 2 aliphatic rings. The highest BCUT2D eigenvalue weighted by atomic mass is 32.1. The van der Waals surface area contributed by atoms with Gasteiger partial charge in [-0.25, -0.2) is 0 Å². The topological polar surface area (TPSA) is 21.3 Å². The van der Waals surface area contributed by atoms with Crippen LogP contribution in [0.2, 0.25) is 0 Å². The van der Waals surface area contributed by atoms with Crippen molar-refractivity contribution in [1.82, 2.24) is 4.57 Å². The average molecular weight is 727 g/mol. The Balaban J connectivity index is 1.26. The number of hydrogen-bond acceptors (Lipinski definition) is 3. The Morgan fingerprint density at radius 1 is 0.527 bits per heavy atom. The van der Waals surface area contributed by atoms with Gasteiger partial charge in [0.2, 0.25) is 0 Å². The zero-order valence-electron chi connectivity index (χ0n) is 31.9. The highest BCUT2D eigenvalue weighted by molar-refractivity contribution is 7.26. The molecule has 3 nitrogen and oxygen atoms in total. The lowest BCUT2D eigenvalue weighted by molar-refractivity contribution is 0.590. The number of fused-ring (bicyclic) bond motifs is 14. The highest BCUT2D eigenvalue weighted by Gasteiger charge is 2.44. The van der Waals surface area contributed by atoms with E-state index < -0.39 is 0 Å². The highest BCUT2D eigenvalue weighted by Crippen LogP contribution is 2.48. The number of para-hydroxylation sites is 1. The second-order valence-corrected chi connectivity index (χ2v) is 18.9. The van der Waals surface area contributed by atoms with Crippen LogP contribution in [0.5, 0.6) is 0 Å². The number of nitrogens with zero attached hydrogens (tertiary/aromatic N) is 2. The summed E-state index contributed by atoms with van der Waals surface area (Å²) in [6.45, 7) is 13.8. The Labute approximate surface area is 324 Å². The first-order chi connectivity index (χ1) is 26.5. The van der Waals surface area contributed by atoms with Crippen molar-refractivity contribution >= 4 is 104 Å². The zero-order chi connectivity index (χ0) is 37.1. The standard InChI is InChI=1S/C50H39BN2OS/c1-49(2,3)28-15-18-30(19-16-28)53-40-22-17-29(50(4,5)6)23-35(40)33-20-21-34-36-26-44-37(31-11-7-9-13-43(31)54-44)24-41(36)52-42-25-38-32-12-8-10-14-45(32)55-46(38)27-39(42)51(53)47(33)48(34)52/h7-27H,1-6H3. The third-order valence-corrected chi connectivity index (χ3v) is 13.6. The van der Waals surface area contributed by atoms with Gasteiger partial charge in [-0.05, 0) is 99.1 Å². The van der Waals surface area contributed by atoms with Gasteiger partial charge in [0.05, 0.1) is 11.0 Å². The fourth-order valence-corrected chi connectivity index (χ4v) is 10.8. The minimum absolute atomic E-state index is 0.0114. The Morgan fingerprint density at radius 3 is 2.07 bits per heavy atom. The molecule has 0 aliphatic carbocycles. The van der Waals surface area contributed by atoms with E-state index in [4.69, 9.17) is 4.42 Å². The fraction of sp³-hybridized carbons (Fsp3) is 0.160. The number of thiophene rings is 1. The predicted molar refractivity (Wildman–Crippen MR) is 237 cm³/mol. The van der Waals surface area contributed by atoms with Crippen molar-refractivity contribution in [2.24, 2.45) is 0 Å². The summed E-state index contributed by atoms with van der Waals surface area (Å²) in [6, 6.07) is 48.4. The monoisotopic (exact) mass is 726 g/mol. The van der Waals surface area contributed by atoms with Crippen molar-refractivity contribution in [3.8, 4) is 16.8 Å². The fourth-order valence-electron chi connectivity index (χ4n) is 9.70. The summed E-state index contributed by atoms with van der Waals surface area (Å²) in [6.07, 6.45) is 0. The lowest BCUT2D eigenvalue weighted by Crippen LogP contribution is -2.60. The van der Waals surface area contributed by atoms with Gasteiger partial charge in [0.25, 0.3) is 0 Å². The van der Waals surface area contributed by atoms with E-state index in [0.29, 0.717) is 0 Å². The Kier molecular flexibility index (Phi) is 6.02. The first-order valence-electron chi connectivity index (χ1n) is 19.5. The molecule has 0 spiro atoms. The van der Waals surface area contributed by atoms with Crippen LogP contribution in [0.25, 0.3) is 80.7 Å². The van der Waals surface area contributed by atoms with E-state index in [1.54, 1.807) is 0 Å². The molecule has 0 amide bonds. The van der Waals surface area contributed by atoms with Crippen LogP contribution in [-0.2, 0) is 10.8 Å². The molecule has 0 atom stereocenters. The lowest BCUT2D eigenvalue weighted by atomic mass is 9.44. The van der Waals surface area contributed by atoms with E-state index >= 15 is 0 Å². The first kappa shape index (κ1) is 31.6. The van der Waals surface area contributed by atoms with Gasteiger partial charge in [-0.3, -0.25) is 0 Å². The second kappa shape index (κ2) is 10.5. The maximum absolute atomic E-state index is 6.52. The van der Waals surface area contributed by atoms with Crippen LogP contribution >= 0.6 is 11.3 Å². The molecule has 0 radical (unpaired) electrons. The molecule has 0 fully saturated rings. The van der Waals surface area contributed by atoms with Gasteiger partial charge >= 0.3 is 6.85 Å². The van der Waals surface area contributed by atoms with Crippen molar-refractivity contribution < 1.29 is 4.42 Å². The van der Waals surface area contributed by atoms with E-state index in [2.05, 4.69) is 178 Å². The Bertz CT molecular complexity index is 3290. The Morgan fingerprint density at radius 2 is 1.27 bits per heavy atom. The number of rotatable bonds is 1. The van der Waals surface area contributed by atoms with Crippen LogP contribution in [-0.4, -0.2) is 11.4 Å². The molecule has 0 unspecified atom stereocenters. The van der Waals surface area contributed by atoms with E-state index in [1.807, 2.05) is 11.3 Å². The van der Waals surface area contributed by atoms with Crippen LogP contribution in [0.3, 0.4) is 0 Å². The van der Waals surface area contributed by atoms with Crippen LogP contribution in [0, 0.1) is 0 Å². The zero-order valence-corrected chi connectivity index (χ0v) is 32.7. The number of benzene rings is 7. The van der Waals surface area contributed by atoms with E-state index in [1.165, 1.54) is 92.2 Å². The van der Waals surface area contributed by atoms with E-state index in [0.717, 1.165) is 21.9 Å². The molecule has 0 N–H and O–H groups in total. The largest absolute Gasteiger partial charge is 0.456 e. The van der Waals surface area contributed by atoms with Crippen molar-refractivity contribution in [2.75, 3.05) is 4.81 Å². The van der Waals surface area contributed by atoms with Crippen LogP contribution in [0.15, 0.2) is 132 Å². The maximum atomic E-state index is 6.52. The molecule has 0 saturated heterocycles. The molecule has 2 aliphatic heterocycles.